The Hall–Kier alpha value is -3.08. The average Bonchev–Trinajstić information content (AvgIpc) is 2.94. The van der Waals surface area contributed by atoms with Gasteiger partial charge in [0, 0.05) is 6.42 Å². The summed E-state index contributed by atoms with van der Waals surface area (Å²) in [5, 5.41) is 2.81. The zero-order valence-electron chi connectivity index (χ0n) is 13.6. The van der Waals surface area contributed by atoms with Crippen molar-refractivity contribution >= 4 is 17.8 Å². The van der Waals surface area contributed by atoms with Crippen molar-refractivity contribution in [2.75, 3.05) is 14.2 Å². The summed E-state index contributed by atoms with van der Waals surface area (Å²) < 4.78 is 10.5. The van der Waals surface area contributed by atoms with Gasteiger partial charge in [-0.3, -0.25) is 4.79 Å². The van der Waals surface area contributed by atoms with Gasteiger partial charge in [0.1, 0.15) is 11.5 Å². The molecule has 1 heterocycles. The summed E-state index contributed by atoms with van der Waals surface area (Å²) in [5.74, 6) is 1.76. The van der Waals surface area contributed by atoms with E-state index in [9.17, 15) is 4.79 Å². The summed E-state index contributed by atoms with van der Waals surface area (Å²) in [6, 6.07) is 15.3. The Morgan fingerprint density at radius 2 is 1.79 bits per heavy atom. The van der Waals surface area contributed by atoms with Crippen molar-refractivity contribution in [2.24, 2.45) is 4.99 Å². The molecule has 0 spiro atoms. The van der Waals surface area contributed by atoms with Crippen LogP contribution >= 0.6 is 0 Å². The SMILES string of the molecule is COc1ccc(CC2=N/C(=C/c3ccccc3)C(=O)N2)cc1OC. The fourth-order valence-corrected chi connectivity index (χ4v) is 2.49. The van der Waals surface area contributed by atoms with Crippen molar-refractivity contribution in [3.63, 3.8) is 0 Å². The molecule has 0 saturated carbocycles. The number of benzene rings is 2. The molecule has 0 aromatic heterocycles. The maximum Gasteiger partial charge on any atom is 0.275 e. The van der Waals surface area contributed by atoms with E-state index in [4.69, 9.17) is 9.47 Å². The third kappa shape index (κ3) is 3.46. The zero-order chi connectivity index (χ0) is 16.9. The third-order valence-electron chi connectivity index (χ3n) is 3.67. The van der Waals surface area contributed by atoms with Gasteiger partial charge in [-0.2, -0.15) is 0 Å². The van der Waals surface area contributed by atoms with Crippen molar-refractivity contribution in [1.82, 2.24) is 5.32 Å². The topological polar surface area (TPSA) is 59.9 Å². The predicted octanol–water partition coefficient (Wildman–Crippen LogP) is 2.82. The Bertz CT molecular complexity index is 811. The van der Waals surface area contributed by atoms with E-state index in [1.807, 2.05) is 48.5 Å². The number of ether oxygens (including phenoxy) is 2. The lowest BCUT2D eigenvalue weighted by Crippen LogP contribution is -2.25. The zero-order valence-corrected chi connectivity index (χ0v) is 13.6. The second-order valence-electron chi connectivity index (χ2n) is 5.32. The fraction of sp³-hybridized carbons (Fsp3) is 0.158. The molecule has 3 rings (SSSR count). The van der Waals surface area contributed by atoms with Crippen LogP contribution in [0.4, 0.5) is 0 Å². The summed E-state index contributed by atoms with van der Waals surface area (Å²) in [4.78, 5) is 16.5. The van der Waals surface area contributed by atoms with E-state index in [-0.39, 0.29) is 5.91 Å². The van der Waals surface area contributed by atoms with Crippen LogP contribution in [-0.4, -0.2) is 26.0 Å². The number of hydrogen-bond donors (Lipinski definition) is 1. The third-order valence-corrected chi connectivity index (χ3v) is 3.67. The number of carbonyl (C=O) groups is 1. The van der Waals surface area contributed by atoms with Gasteiger partial charge in [-0.1, -0.05) is 36.4 Å². The van der Waals surface area contributed by atoms with E-state index in [2.05, 4.69) is 10.3 Å². The van der Waals surface area contributed by atoms with Gasteiger partial charge in [0.2, 0.25) is 0 Å². The first-order valence-electron chi connectivity index (χ1n) is 7.56. The Morgan fingerprint density at radius 3 is 2.50 bits per heavy atom. The van der Waals surface area contributed by atoms with Crippen LogP contribution in [0.2, 0.25) is 0 Å². The van der Waals surface area contributed by atoms with E-state index in [1.54, 1.807) is 20.3 Å². The second-order valence-corrected chi connectivity index (χ2v) is 5.32. The number of amides is 1. The molecule has 1 aliphatic heterocycles. The molecule has 2 aromatic carbocycles. The normalized spacial score (nSPS) is 15.2. The van der Waals surface area contributed by atoms with Gasteiger partial charge in [0.05, 0.1) is 14.2 Å². The molecule has 0 saturated heterocycles. The first-order valence-corrected chi connectivity index (χ1v) is 7.56. The number of carbonyl (C=O) groups excluding carboxylic acids is 1. The number of aliphatic imine (C=N–C) groups is 1. The van der Waals surface area contributed by atoms with Gasteiger partial charge in [-0.05, 0) is 29.3 Å². The molecule has 0 unspecified atom stereocenters. The molecule has 0 radical (unpaired) electrons. The molecular weight excluding hydrogens is 304 g/mol. The Labute approximate surface area is 140 Å². The number of rotatable bonds is 5. The molecule has 122 valence electrons. The predicted molar refractivity (Wildman–Crippen MR) is 93.2 cm³/mol. The molecule has 1 amide bonds. The van der Waals surface area contributed by atoms with Crippen molar-refractivity contribution < 1.29 is 14.3 Å². The van der Waals surface area contributed by atoms with Crippen LogP contribution in [0.25, 0.3) is 6.08 Å². The van der Waals surface area contributed by atoms with E-state index < -0.39 is 0 Å². The summed E-state index contributed by atoms with van der Waals surface area (Å²) in [6.45, 7) is 0. The van der Waals surface area contributed by atoms with Gasteiger partial charge in [-0.15, -0.1) is 0 Å². The molecule has 5 nitrogen and oxygen atoms in total. The van der Waals surface area contributed by atoms with Crippen LogP contribution in [-0.2, 0) is 11.2 Å². The summed E-state index contributed by atoms with van der Waals surface area (Å²) >= 11 is 0. The Morgan fingerprint density at radius 1 is 1.04 bits per heavy atom. The molecular formula is C19H18N2O3. The lowest BCUT2D eigenvalue weighted by Gasteiger charge is -2.09. The van der Waals surface area contributed by atoms with E-state index in [1.165, 1.54) is 0 Å². The minimum absolute atomic E-state index is 0.186. The maximum atomic E-state index is 12.1. The van der Waals surface area contributed by atoms with Crippen LogP contribution in [0.1, 0.15) is 11.1 Å². The Balaban J connectivity index is 1.80. The average molecular weight is 322 g/mol. The largest absolute Gasteiger partial charge is 0.493 e. The van der Waals surface area contributed by atoms with E-state index in [0.29, 0.717) is 29.5 Å². The molecule has 0 aliphatic carbocycles. The quantitative estimate of drug-likeness (QED) is 0.861. The molecule has 24 heavy (non-hydrogen) atoms. The lowest BCUT2D eigenvalue weighted by atomic mass is 10.1. The molecule has 0 fully saturated rings. The van der Waals surface area contributed by atoms with Crippen molar-refractivity contribution in [2.45, 2.75) is 6.42 Å². The van der Waals surface area contributed by atoms with Crippen molar-refractivity contribution in [3.8, 4) is 11.5 Å². The monoisotopic (exact) mass is 322 g/mol. The molecule has 0 atom stereocenters. The van der Waals surface area contributed by atoms with E-state index in [0.717, 1.165) is 11.1 Å². The van der Waals surface area contributed by atoms with Gasteiger partial charge >= 0.3 is 0 Å². The lowest BCUT2D eigenvalue weighted by molar-refractivity contribution is -0.115. The number of nitrogens with zero attached hydrogens (tertiary/aromatic N) is 1. The van der Waals surface area contributed by atoms with E-state index >= 15 is 0 Å². The minimum atomic E-state index is -0.186. The molecule has 1 aliphatic rings. The van der Waals surface area contributed by atoms with Crippen LogP contribution < -0.4 is 14.8 Å². The maximum absolute atomic E-state index is 12.1. The van der Waals surface area contributed by atoms with Gasteiger partial charge in [0.25, 0.3) is 5.91 Å². The first-order chi connectivity index (χ1) is 11.7. The number of hydrogen-bond acceptors (Lipinski definition) is 4. The number of methoxy groups -OCH3 is 2. The van der Waals surface area contributed by atoms with Crippen molar-refractivity contribution in [1.29, 1.82) is 0 Å². The second kappa shape index (κ2) is 7.00. The Kier molecular flexibility index (Phi) is 4.61. The molecule has 0 bridgehead atoms. The summed E-state index contributed by atoms with van der Waals surface area (Å²) in [7, 11) is 3.19. The highest BCUT2D eigenvalue weighted by Crippen LogP contribution is 2.28. The number of amidine groups is 1. The van der Waals surface area contributed by atoms with Crippen molar-refractivity contribution in [3.05, 3.63) is 65.4 Å². The summed E-state index contributed by atoms with van der Waals surface area (Å²) in [5.41, 5.74) is 2.34. The van der Waals surface area contributed by atoms with Crippen LogP contribution in [0.15, 0.2) is 59.2 Å². The van der Waals surface area contributed by atoms with Crippen LogP contribution in [0.5, 0.6) is 11.5 Å². The minimum Gasteiger partial charge on any atom is -0.493 e. The summed E-state index contributed by atoms with van der Waals surface area (Å²) in [6.07, 6.45) is 2.29. The van der Waals surface area contributed by atoms with Gasteiger partial charge in [-0.25, -0.2) is 4.99 Å². The fourth-order valence-electron chi connectivity index (χ4n) is 2.49. The number of nitrogens with one attached hydrogen (secondary N) is 1. The molecule has 5 heteroatoms. The highest BCUT2D eigenvalue weighted by Gasteiger charge is 2.20. The van der Waals surface area contributed by atoms with Crippen LogP contribution in [0.3, 0.4) is 0 Å². The standard InChI is InChI=1S/C19H18N2O3/c1-23-16-9-8-14(11-17(16)24-2)12-18-20-15(19(22)21-18)10-13-6-4-3-5-7-13/h3-11H,12H2,1-2H3,(H,20,21,22)/b15-10+. The molecule has 1 N–H and O–H groups in total. The van der Waals surface area contributed by atoms with Gasteiger partial charge < -0.3 is 14.8 Å². The van der Waals surface area contributed by atoms with Crippen LogP contribution in [0, 0.1) is 0 Å². The smallest absolute Gasteiger partial charge is 0.275 e. The molecule has 2 aromatic rings. The highest BCUT2D eigenvalue weighted by atomic mass is 16.5. The van der Waals surface area contributed by atoms with Gasteiger partial charge in [0.15, 0.2) is 11.5 Å². The first kappa shape index (κ1) is 15.8. The highest BCUT2D eigenvalue weighted by molar-refractivity contribution is 6.14.